The van der Waals surface area contributed by atoms with Crippen LogP contribution >= 0.6 is 23.0 Å². The molecule has 0 aliphatic carbocycles. The van der Waals surface area contributed by atoms with Crippen LogP contribution in [0.2, 0.25) is 0 Å². The molecule has 3 N–H and O–H groups in total. The SMILES string of the molecule is CC(C)CC(N[C@@H](Cc1ccc(OI)cc1)C(=O)O)C(=O)O. The molecule has 2 atom stereocenters. The average molecular weight is 421 g/mol. The summed E-state index contributed by atoms with van der Waals surface area (Å²) in [5, 5.41) is 21.3. The summed E-state index contributed by atoms with van der Waals surface area (Å²) in [6.45, 7) is 3.80. The minimum absolute atomic E-state index is 0.156. The number of carboxylic acids is 2. The van der Waals surface area contributed by atoms with Gasteiger partial charge in [-0.15, -0.1) is 0 Å². The molecule has 122 valence electrons. The number of carbonyl (C=O) groups is 2. The average Bonchev–Trinajstić information content (AvgIpc) is 2.45. The molecule has 0 saturated heterocycles. The summed E-state index contributed by atoms with van der Waals surface area (Å²) < 4.78 is 5.02. The van der Waals surface area contributed by atoms with Gasteiger partial charge in [0.25, 0.3) is 0 Å². The minimum Gasteiger partial charge on any atom is -0.480 e. The molecule has 7 heteroatoms. The number of benzene rings is 1. The second-order valence-electron chi connectivity index (χ2n) is 5.50. The summed E-state index contributed by atoms with van der Waals surface area (Å²) in [4.78, 5) is 22.6. The molecule has 1 unspecified atom stereocenters. The predicted molar refractivity (Wildman–Crippen MR) is 90.2 cm³/mol. The molecule has 6 nitrogen and oxygen atoms in total. The third-order valence-electron chi connectivity index (χ3n) is 3.16. The van der Waals surface area contributed by atoms with E-state index in [0.29, 0.717) is 12.2 Å². The van der Waals surface area contributed by atoms with E-state index in [-0.39, 0.29) is 12.3 Å². The smallest absolute Gasteiger partial charge is 0.321 e. The van der Waals surface area contributed by atoms with Gasteiger partial charge in [0.1, 0.15) is 17.8 Å². The molecule has 0 bridgehead atoms. The Morgan fingerprint density at radius 1 is 1.14 bits per heavy atom. The summed E-state index contributed by atoms with van der Waals surface area (Å²) >= 11 is 1.76. The first kappa shape index (κ1) is 18.7. The van der Waals surface area contributed by atoms with Crippen LogP contribution in [0.5, 0.6) is 5.75 Å². The molecule has 0 radical (unpaired) electrons. The van der Waals surface area contributed by atoms with Gasteiger partial charge in [0, 0.05) is 0 Å². The van der Waals surface area contributed by atoms with Gasteiger partial charge < -0.3 is 13.3 Å². The maximum atomic E-state index is 11.4. The standard InChI is InChI=1S/C15H20INO5/c1-9(2)7-12(14(18)19)17-13(15(20)21)8-10-3-5-11(22-16)6-4-10/h3-6,9,12-13,17H,7-8H2,1-2H3,(H,18,19)(H,20,21)/t12?,13-/m0/s1. The van der Waals surface area contributed by atoms with Crippen LogP contribution in [-0.4, -0.2) is 34.2 Å². The molecule has 0 aliphatic heterocycles. The summed E-state index contributed by atoms with van der Waals surface area (Å²) in [6, 6.07) is 5.19. The molecular weight excluding hydrogens is 401 g/mol. The van der Waals surface area contributed by atoms with E-state index >= 15 is 0 Å². The third kappa shape index (κ3) is 6.18. The van der Waals surface area contributed by atoms with Gasteiger partial charge >= 0.3 is 11.9 Å². The van der Waals surface area contributed by atoms with E-state index in [9.17, 15) is 19.8 Å². The van der Waals surface area contributed by atoms with Gasteiger partial charge in [-0.05, 0) is 36.5 Å². The van der Waals surface area contributed by atoms with Gasteiger partial charge in [-0.25, -0.2) is 0 Å². The largest absolute Gasteiger partial charge is 0.480 e. The van der Waals surface area contributed by atoms with Crippen molar-refractivity contribution in [2.75, 3.05) is 0 Å². The van der Waals surface area contributed by atoms with Gasteiger partial charge in [0.15, 0.2) is 23.0 Å². The van der Waals surface area contributed by atoms with E-state index in [1.54, 1.807) is 47.3 Å². The Kier molecular flexibility index (Phi) is 7.60. The Hall–Kier alpha value is -1.35. The van der Waals surface area contributed by atoms with Crippen molar-refractivity contribution in [3.8, 4) is 5.75 Å². The number of aliphatic carboxylic acids is 2. The van der Waals surface area contributed by atoms with Gasteiger partial charge in [-0.3, -0.25) is 14.9 Å². The van der Waals surface area contributed by atoms with Crippen molar-refractivity contribution in [2.45, 2.75) is 38.8 Å². The highest BCUT2D eigenvalue weighted by atomic mass is 127. The monoisotopic (exact) mass is 421 g/mol. The van der Waals surface area contributed by atoms with Gasteiger partial charge in [-0.1, -0.05) is 26.0 Å². The first-order valence-electron chi connectivity index (χ1n) is 6.92. The molecule has 0 spiro atoms. The number of carboxylic acid groups (broad SMARTS) is 2. The molecule has 22 heavy (non-hydrogen) atoms. The number of rotatable bonds is 9. The molecule has 0 heterocycles. The zero-order valence-corrected chi connectivity index (χ0v) is 14.6. The fourth-order valence-corrected chi connectivity index (χ4v) is 2.38. The Morgan fingerprint density at radius 3 is 2.09 bits per heavy atom. The Morgan fingerprint density at radius 2 is 1.68 bits per heavy atom. The van der Waals surface area contributed by atoms with Crippen molar-refractivity contribution in [3.63, 3.8) is 0 Å². The second kappa shape index (κ2) is 8.94. The summed E-state index contributed by atoms with van der Waals surface area (Å²) in [6.07, 6.45) is 0.583. The normalized spacial score (nSPS) is 13.6. The highest BCUT2D eigenvalue weighted by molar-refractivity contribution is 14.1. The predicted octanol–water partition coefficient (Wildman–Crippen LogP) is 2.50. The van der Waals surface area contributed by atoms with E-state index in [1.807, 2.05) is 13.8 Å². The molecule has 1 rings (SSSR count). The van der Waals surface area contributed by atoms with Crippen molar-refractivity contribution >= 4 is 34.9 Å². The molecule has 0 aliphatic rings. The van der Waals surface area contributed by atoms with Crippen LogP contribution in [0.25, 0.3) is 0 Å². The third-order valence-corrected chi connectivity index (χ3v) is 3.67. The fourth-order valence-electron chi connectivity index (χ4n) is 2.08. The first-order chi connectivity index (χ1) is 10.3. The molecular formula is C15H20INO5. The number of nitrogens with one attached hydrogen (secondary N) is 1. The van der Waals surface area contributed by atoms with Gasteiger partial charge in [0.05, 0.1) is 0 Å². The topological polar surface area (TPSA) is 95.9 Å². The summed E-state index contributed by atoms with van der Waals surface area (Å²) in [5.41, 5.74) is 0.797. The van der Waals surface area contributed by atoms with Crippen molar-refractivity contribution in [1.29, 1.82) is 0 Å². The lowest BCUT2D eigenvalue weighted by Gasteiger charge is -2.21. The number of halogens is 1. The Balaban J connectivity index is 2.79. The molecule has 1 aromatic carbocycles. The highest BCUT2D eigenvalue weighted by Gasteiger charge is 2.26. The maximum absolute atomic E-state index is 11.4. The second-order valence-corrected chi connectivity index (χ2v) is 5.94. The lowest BCUT2D eigenvalue weighted by molar-refractivity contribution is -0.142. The van der Waals surface area contributed by atoms with E-state index in [2.05, 4.69) is 5.32 Å². The summed E-state index contributed by atoms with van der Waals surface area (Å²) in [5.74, 6) is -1.27. The van der Waals surface area contributed by atoms with Crippen LogP contribution < -0.4 is 8.38 Å². The zero-order valence-electron chi connectivity index (χ0n) is 12.5. The van der Waals surface area contributed by atoms with Crippen LogP contribution in [0.3, 0.4) is 0 Å². The van der Waals surface area contributed by atoms with Crippen molar-refractivity contribution in [1.82, 2.24) is 5.32 Å². The van der Waals surface area contributed by atoms with Crippen LogP contribution in [-0.2, 0) is 16.0 Å². The van der Waals surface area contributed by atoms with E-state index in [1.165, 1.54) is 0 Å². The molecule has 0 saturated carbocycles. The van der Waals surface area contributed by atoms with Crippen molar-refractivity contribution in [2.24, 2.45) is 5.92 Å². The maximum Gasteiger partial charge on any atom is 0.321 e. The molecule has 0 fully saturated rings. The van der Waals surface area contributed by atoms with Crippen LogP contribution in [0.1, 0.15) is 25.8 Å². The van der Waals surface area contributed by atoms with Crippen molar-refractivity contribution in [3.05, 3.63) is 29.8 Å². The molecule has 1 aromatic rings. The minimum atomic E-state index is -1.07. The van der Waals surface area contributed by atoms with Crippen molar-refractivity contribution < 1.29 is 22.9 Å². The van der Waals surface area contributed by atoms with Gasteiger partial charge in [0.2, 0.25) is 0 Å². The molecule has 0 amide bonds. The van der Waals surface area contributed by atoms with E-state index < -0.39 is 24.0 Å². The van der Waals surface area contributed by atoms with E-state index in [0.717, 1.165) is 5.56 Å². The first-order valence-corrected chi connectivity index (χ1v) is 7.80. The molecule has 0 aromatic heterocycles. The lowest BCUT2D eigenvalue weighted by atomic mass is 10.0. The highest BCUT2D eigenvalue weighted by Crippen LogP contribution is 2.16. The zero-order chi connectivity index (χ0) is 16.7. The summed E-state index contributed by atoms with van der Waals surface area (Å²) in [7, 11) is 0. The Labute approximate surface area is 143 Å². The fraction of sp³-hybridized carbons (Fsp3) is 0.467. The number of hydrogen-bond donors (Lipinski definition) is 3. The Bertz CT molecular complexity index is 503. The van der Waals surface area contributed by atoms with Gasteiger partial charge in [-0.2, -0.15) is 0 Å². The van der Waals surface area contributed by atoms with Crippen LogP contribution in [0.4, 0.5) is 0 Å². The van der Waals surface area contributed by atoms with Crippen LogP contribution in [0, 0.1) is 5.92 Å². The van der Waals surface area contributed by atoms with Crippen LogP contribution in [0.15, 0.2) is 24.3 Å². The lowest BCUT2D eigenvalue weighted by Crippen LogP contribution is -2.48. The quantitative estimate of drug-likeness (QED) is 0.531. The number of hydrogen-bond acceptors (Lipinski definition) is 4. The van der Waals surface area contributed by atoms with E-state index in [4.69, 9.17) is 3.07 Å².